The summed E-state index contributed by atoms with van der Waals surface area (Å²) in [5, 5.41) is 7.84. The fourth-order valence-electron chi connectivity index (χ4n) is 3.41. The molecule has 0 radical (unpaired) electrons. The van der Waals surface area contributed by atoms with Crippen LogP contribution in [0.4, 0.5) is 0 Å². The Kier molecular flexibility index (Phi) is 5.41. The first-order valence-electron chi connectivity index (χ1n) is 9.62. The first-order valence-corrected chi connectivity index (χ1v) is 9.99. The zero-order valence-corrected chi connectivity index (χ0v) is 17.1. The van der Waals surface area contributed by atoms with E-state index in [0.29, 0.717) is 35.4 Å². The van der Waals surface area contributed by atoms with Gasteiger partial charge in [-0.2, -0.15) is 0 Å². The highest BCUT2D eigenvalue weighted by Gasteiger charge is 2.18. The number of halogens is 1. The van der Waals surface area contributed by atoms with Crippen molar-refractivity contribution in [1.29, 1.82) is 0 Å². The summed E-state index contributed by atoms with van der Waals surface area (Å²) in [5.41, 5.74) is 0.570. The molecule has 0 unspecified atom stereocenters. The van der Waals surface area contributed by atoms with Gasteiger partial charge in [0.1, 0.15) is 6.54 Å². The van der Waals surface area contributed by atoms with Crippen LogP contribution in [0.5, 0.6) is 0 Å². The van der Waals surface area contributed by atoms with E-state index < -0.39 is 5.69 Å². The summed E-state index contributed by atoms with van der Waals surface area (Å²) in [6.45, 7) is 2.43. The van der Waals surface area contributed by atoms with E-state index in [1.165, 1.54) is 8.97 Å². The molecule has 154 valence electrons. The smallest absolute Gasteiger partial charge is 0.350 e. The van der Waals surface area contributed by atoms with Crippen molar-refractivity contribution in [1.82, 2.24) is 24.1 Å². The molecule has 0 aliphatic carbocycles. The lowest BCUT2D eigenvalue weighted by molar-refractivity contribution is -0.122. The number of amides is 1. The van der Waals surface area contributed by atoms with Gasteiger partial charge < -0.3 is 5.32 Å². The lowest BCUT2D eigenvalue weighted by Gasteiger charge is -2.08. The summed E-state index contributed by atoms with van der Waals surface area (Å²) in [6.07, 6.45) is 0.688. The first-order chi connectivity index (χ1) is 14.5. The minimum atomic E-state index is -0.503. The number of nitrogens with zero attached hydrogens (tertiary/aromatic N) is 4. The van der Waals surface area contributed by atoms with Crippen molar-refractivity contribution in [3.8, 4) is 0 Å². The largest absolute Gasteiger partial charge is 0.352 e. The van der Waals surface area contributed by atoms with E-state index in [1.807, 2.05) is 37.3 Å². The van der Waals surface area contributed by atoms with Crippen molar-refractivity contribution in [2.24, 2.45) is 0 Å². The summed E-state index contributed by atoms with van der Waals surface area (Å²) in [7, 11) is 0. The number of aryl methyl sites for hydroxylation is 1. The van der Waals surface area contributed by atoms with E-state index in [1.54, 1.807) is 18.2 Å². The zero-order valence-electron chi connectivity index (χ0n) is 16.3. The van der Waals surface area contributed by atoms with Gasteiger partial charge in [-0.15, -0.1) is 5.10 Å². The lowest BCUT2D eigenvalue weighted by Crippen LogP contribution is -2.32. The average Bonchev–Trinajstić information content (AvgIpc) is 3.06. The molecule has 2 aromatic heterocycles. The van der Waals surface area contributed by atoms with Crippen molar-refractivity contribution in [2.45, 2.75) is 33.0 Å². The number of aromatic nitrogens is 4. The van der Waals surface area contributed by atoms with Gasteiger partial charge in [-0.05, 0) is 30.2 Å². The van der Waals surface area contributed by atoms with Crippen LogP contribution >= 0.6 is 11.6 Å². The molecule has 0 aliphatic rings. The zero-order chi connectivity index (χ0) is 21.3. The standard InChI is InChI=1S/C21H20ClN5O3/c1-2-10-25-19(29)16-9-8-15(22)11-17(16)27-20(25)24-26(21(27)30)13-18(28)23-12-14-6-4-3-5-7-14/h3-9,11H,2,10,12-13H2,1H3,(H,23,28). The van der Waals surface area contributed by atoms with Crippen molar-refractivity contribution >= 4 is 34.2 Å². The highest BCUT2D eigenvalue weighted by atomic mass is 35.5. The molecule has 1 amide bonds. The Morgan fingerprint density at radius 1 is 1.13 bits per heavy atom. The molecule has 4 aromatic rings. The molecule has 2 heterocycles. The van der Waals surface area contributed by atoms with Gasteiger partial charge in [0.15, 0.2) is 0 Å². The summed E-state index contributed by atoms with van der Waals surface area (Å²) in [4.78, 5) is 38.4. The highest BCUT2D eigenvalue weighted by molar-refractivity contribution is 6.31. The Morgan fingerprint density at radius 2 is 1.90 bits per heavy atom. The van der Waals surface area contributed by atoms with Crippen molar-refractivity contribution in [3.05, 3.63) is 80.0 Å². The summed E-state index contributed by atoms with van der Waals surface area (Å²) in [6, 6.07) is 14.2. The lowest BCUT2D eigenvalue weighted by atomic mass is 10.2. The molecule has 0 atom stereocenters. The second-order valence-electron chi connectivity index (χ2n) is 6.96. The summed E-state index contributed by atoms with van der Waals surface area (Å²) >= 11 is 6.10. The minimum Gasteiger partial charge on any atom is -0.350 e. The third kappa shape index (κ3) is 3.61. The molecule has 0 spiro atoms. The van der Waals surface area contributed by atoms with Crippen LogP contribution in [0.2, 0.25) is 5.02 Å². The molecule has 2 aromatic carbocycles. The van der Waals surface area contributed by atoms with Gasteiger partial charge in [0, 0.05) is 18.1 Å². The first kappa shape index (κ1) is 19.9. The maximum atomic E-state index is 13.1. The molecule has 0 bridgehead atoms. The van der Waals surface area contributed by atoms with E-state index >= 15 is 0 Å². The Bertz CT molecular complexity index is 1350. The van der Waals surface area contributed by atoms with E-state index in [2.05, 4.69) is 10.4 Å². The molecular formula is C21H20ClN5O3. The summed E-state index contributed by atoms with van der Waals surface area (Å²) in [5.74, 6) is -0.159. The van der Waals surface area contributed by atoms with Crippen LogP contribution in [-0.4, -0.2) is 24.7 Å². The van der Waals surface area contributed by atoms with Crippen LogP contribution in [0, 0.1) is 0 Å². The number of rotatable bonds is 6. The van der Waals surface area contributed by atoms with Gasteiger partial charge >= 0.3 is 5.69 Å². The second-order valence-corrected chi connectivity index (χ2v) is 7.39. The molecule has 30 heavy (non-hydrogen) atoms. The molecular weight excluding hydrogens is 406 g/mol. The molecule has 0 aliphatic heterocycles. The normalized spacial score (nSPS) is 11.3. The molecule has 4 rings (SSSR count). The average molecular weight is 426 g/mol. The minimum absolute atomic E-state index is 0.192. The number of hydrogen-bond acceptors (Lipinski definition) is 4. The van der Waals surface area contributed by atoms with Crippen LogP contribution in [0.3, 0.4) is 0 Å². The van der Waals surface area contributed by atoms with Gasteiger partial charge in [0.25, 0.3) is 5.56 Å². The van der Waals surface area contributed by atoms with Crippen molar-refractivity contribution in [2.75, 3.05) is 0 Å². The van der Waals surface area contributed by atoms with Gasteiger partial charge in [-0.3, -0.25) is 14.2 Å². The fraction of sp³-hybridized carbons (Fsp3) is 0.238. The van der Waals surface area contributed by atoms with Gasteiger partial charge in [0.2, 0.25) is 11.7 Å². The SMILES string of the molecule is CCCn1c(=O)c2ccc(Cl)cc2n2c(=O)n(CC(=O)NCc3ccccc3)nc12. The van der Waals surface area contributed by atoms with Gasteiger partial charge in [-0.1, -0.05) is 48.9 Å². The maximum Gasteiger partial charge on any atom is 0.352 e. The van der Waals surface area contributed by atoms with Crippen LogP contribution in [0.25, 0.3) is 16.7 Å². The number of nitrogens with one attached hydrogen (secondary N) is 1. The second kappa shape index (κ2) is 8.16. The number of hydrogen-bond donors (Lipinski definition) is 1. The van der Waals surface area contributed by atoms with Crippen molar-refractivity contribution < 1.29 is 4.79 Å². The Morgan fingerprint density at radius 3 is 2.63 bits per heavy atom. The van der Waals surface area contributed by atoms with E-state index in [4.69, 9.17) is 11.6 Å². The van der Waals surface area contributed by atoms with Crippen LogP contribution < -0.4 is 16.6 Å². The molecule has 9 heteroatoms. The third-order valence-corrected chi connectivity index (χ3v) is 5.05. The molecule has 0 fully saturated rings. The van der Waals surface area contributed by atoms with Crippen LogP contribution in [0.15, 0.2) is 58.1 Å². The maximum absolute atomic E-state index is 13.1. The number of carbonyl (C=O) groups excluding carboxylic acids is 1. The number of fused-ring (bicyclic) bond motifs is 3. The van der Waals surface area contributed by atoms with E-state index in [0.717, 1.165) is 10.2 Å². The number of carbonyl (C=O) groups is 1. The van der Waals surface area contributed by atoms with Crippen LogP contribution in [-0.2, 0) is 24.4 Å². The predicted molar refractivity (Wildman–Crippen MR) is 115 cm³/mol. The van der Waals surface area contributed by atoms with Gasteiger partial charge in [-0.25, -0.2) is 13.9 Å². The Hall–Kier alpha value is -3.39. The Labute approximate surface area is 176 Å². The Balaban J connectivity index is 1.75. The molecule has 0 saturated carbocycles. The predicted octanol–water partition coefficient (Wildman–Crippen LogP) is 2.19. The molecule has 8 nitrogen and oxygen atoms in total. The third-order valence-electron chi connectivity index (χ3n) is 4.81. The quantitative estimate of drug-likeness (QED) is 0.512. The van der Waals surface area contributed by atoms with Crippen molar-refractivity contribution in [3.63, 3.8) is 0 Å². The van der Waals surface area contributed by atoms with E-state index in [-0.39, 0.29) is 23.8 Å². The highest BCUT2D eigenvalue weighted by Crippen LogP contribution is 2.17. The molecule has 1 N–H and O–H groups in total. The number of benzene rings is 2. The monoisotopic (exact) mass is 425 g/mol. The van der Waals surface area contributed by atoms with E-state index in [9.17, 15) is 14.4 Å². The molecule has 0 saturated heterocycles. The topological polar surface area (TPSA) is 90.4 Å². The summed E-state index contributed by atoms with van der Waals surface area (Å²) < 4.78 is 3.86. The van der Waals surface area contributed by atoms with Crippen LogP contribution in [0.1, 0.15) is 18.9 Å². The fourth-order valence-corrected chi connectivity index (χ4v) is 3.57. The van der Waals surface area contributed by atoms with Gasteiger partial charge in [0.05, 0.1) is 10.9 Å².